The number of rotatable bonds is 9. The van der Waals surface area contributed by atoms with Gasteiger partial charge in [-0.15, -0.1) is 0 Å². The van der Waals surface area contributed by atoms with E-state index >= 15 is 0 Å². The Morgan fingerprint density at radius 1 is 0.971 bits per heavy atom. The third kappa shape index (κ3) is 5.41. The number of likely N-dealkylation sites (tertiary alicyclic amines) is 1. The molecule has 0 spiro atoms. The van der Waals surface area contributed by atoms with Gasteiger partial charge in [-0.1, -0.05) is 43.3 Å². The molecule has 1 aliphatic rings. The number of nitrogens with zero attached hydrogens (tertiary/aromatic N) is 2. The van der Waals surface area contributed by atoms with E-state index in [1.54, 1.807) is 22.5 Å². The van der Waals surface area contributed by atoms with Crippen molar-refractivity contribution in [1.29, 1.82) is 0 Å². The molecule has 1 atom stereocenters. The van der Waals surface area contributed by atoms with Crippen molar-refractivity contribution in [2.45, 2.75) is 44.0 Å². The summed E-state index contributed by atoms with van der Waals surface area (Å²) in [5, 5.41) is 1.92. The summed E-state index contributed by atoms with van der Waals surface area (Å²) in [5.74, 6) is 1.65. The molecular weight excluding hydrogens is 460 g/mol. The van der Waals surface area contributed by atoms with Crippen molar-refractivity contribution in [3.05, 3.63) is 60.7 Å². The van der Waals surface area contributed by atoms with Gasteiger partial charge in [-0.2, -0.15) is 0 Å². The maximum atomic E-state index is 14.2. The molecule has 0 radical (unpaired) electrons. The predicted molar refractivity (Wildman–Crippen MR) is 142 cm³/mol. The van der Waals surface area contributed by atoms with E-state index in [0.717, 1.165) is 42.7 Å². The lowest BCUT2D eigenvalue weighted by Gasteiger charge is -2.35. The van der Waals surface area contributed by atoms with Crippen LogP contribution in [-0.2, 0) is 10.0 Å². The smallest absolute Gasteiger partial charge is 0.264 e. The summed E-state index contributed by atoms with van der Waals surface area (Å²) in [7, 11) is -0.833. The molecule has 35 heavy (non-hydrogen) atoms. The number of piperidine rings is 1. The highest BCUT2D eigenvalue weighted by Gasteiger charge is 2.32. The molecule has 1 saturated heterocycles. The van der Waals surface area contributed by atoms with Gasteiger partial charge in [-0.25, -0.2) is 8.42 Å². The fourth-order valence-electron chi connectivity index (χ4n) is 4.87. The lowest BCUT2D eigenvalue weighted by atomic mass is 9.99. The second-order valence-corrected chi connectivity index (χ2v) is 11.3. The molecule has 6 nitrogen and oxygen atoms in total. The van der Waals surface area contributed by atoms with Crippen LogP contribution in [0.1, 0.15) is 33.1 Å². The third-order valence-electron chi connectivity index (χ3n) is 7.06. The van der Waals surface area contributed by atoms with Gasteiger partial charge in [0, 0.05) is 24.0 Å². The van der Waals surface area contributed by atoms with Crippen molar-refractivity contribution >= 4 is 26.5 Å². The van der Waals surface area contributed by atoms with Crippen LogP contribution in [-0.4, -0.2) is 53.2 Å². The van der Waals surface area contributed by atoms with Gasteiger partial charge >= 0.3 is 0 Å². The number of methoxy groups -OCH3 is 2. The van der Waals surface area contributed by atoms with E-state index in [1.165, 1.54) is 27.1 Å². The molecule has 188 valence electrons. The Morgan fingerprint density at radius 3 is 2.37 bits per heavy atom. The summed E-state index contributed by atoms with van der Waals surface area (Å²) in [5.41, 5.74) is 0.692. The molecular formula is C28H36N2O4S. The SMILES string of the molecule is COc1ccc(S(=O)(=O)N(c2cccc3ccccc23)C(C)CCN2CCC(C)CC2)cc1OC. The Morgan fingerprint density at radius 2 is 1.66 bits per heavy atom. The fourth-order valence-corrected chi connectivity index (χ4v) is 6.59. The van der Waals surface area contributed by atoms with Crippen molar-refractivity contribution in [3.63, 3.8) is 0 Å². The summed E-state index contributed by atoms with van der Waals surface area (Å²) in [4.78, 5) is 2.64. The van der Waals surface area contributed by atoms with E-state index in [4.69, 9.17) is 9.47 Å². The molecule has 1 aliphatic heterocycles. The molecule has 0 aromatic heterocycles. The highest BCUT2D eigenvalue weighted by atomic mass is 32.2. The summed E-state index contributed by atoms with van der Waals surface area (Å²) in [6, 6.07) is 18.3. The van der Waals surface area contributed by atoms with E-state index in [2.05, 4.69) is 11.8 Å². The Kier molecular flexibility index (Phi) is 7.87. The van der Waals surface area contributed by atoms with Crippen LogP contribution in [0.15, 0.2) is 65.6 Å². The number of anilines is 1. The molecule has 3 aromatic rings. The van der Waals surface area contributed by atoms with Crippen LogP contribution in [0.2, 0.25) is 0 Å². The van der Waals surface area contributed by atoms with Crippen molar-refractivity contribution in [3.8, 4) is 11.5 Å². The summed E-state index contributed by atoms with van der Waals surface area (Å²) in [6.07, 6.45) is 3.14. The van der Waals surface area contributed by atoms with Gasteiger partial charge < -0.3 is 14.4 Å². The van der Waals surface area contributed by atoms with Crippen molar-refractivity contribution in [2.75, 3.05) is 38.2 Å². The number of ether oxygens (including phenoxy) is 2. The second-order valence-electron chi connectivity index (χ2n) is 9.48. The average Bonchev–Trinajstić information content (AvgIpc) is 2.88. The Hall–Kier alpha value is -2.77. The molecule has 3 aromatic carbocycles. The van der Waals surface area contributed by atoms with Crippen molar-refractivity contribution in [2.24, 2.45) is 5.92 Å². The van der Waals surface area contributed by atoms with Crippen LogP contribution in [0, 0.1) is 5.92 Å². The van der Waals surface area contributed by atoms with Crippen LogP contribution in [0.5, 0.6) is 11.5 Å². The quantitative estimate of drug-likeness (QED) is 0.388. The molecule has 0 bridgehead atoms. The molecule has 1 fully saturated rings. The minimum atomic E-state index is -3.88. The number of fused-ring (bicyclic) bond motifs is 1. The number of benzene rings is 3. The zero-order valence-electron chi connectivity index (χ0n) is 21.1. The van der Waals surface area contributed by atoms with Gasteiger partial charge in [0.15, 0.2) is 11.5 Å². The van der Waals surface area contributed by atoms with Crippen molar-refractivity contribution in [1.82, 2.24) is 4.90 Å². The summed E-state index contributed by atoms with van der Waals surface area (Å²) >= 11 is 0. The van der Waals surface area contributed by atoms with E-state index < -0.39 is 10.0 Å². The fraction of sp³-hybridized carbons (Fsp3) is 0.429. The van der Waals surface area contributed by atoms with E-state index in [0.29, 0.717) is 17.2 Å². The molecule has 0 N–H and O–H groups in total. The second kappa shape index (κ2) is 10.9. The van der Waals surface area contributed by atoms with Crippen LogP contribution in [0.25, 0.3) is 10.8 Å². The number of hydrogen-bond acceptors (Lipinski definition) is 5. The summed E-state index contributed by atoms with van der Waals surface area (Å²) < 4.78 is 40.7. The van der Waals surface area contributed by atoms with Crippen LogP contribution >= 0.6 is 0 Å². The van der Waals surface area contributed by atoms with Gasteiger partial charge in [0.1, 0.15) is 0 Å². The average molecular weight is 497 g/mol. The zero-order valence-corrected chi connectivity index (χ0v) is 21.9. The highest BCUT2D eigenvalue weighted by molar-refractivity contribution is 7.92. The molecule has 0 saturated carbocycles. The van der Waals surface area contributed by atoms with Crippen molar-refractivity contribution < 1.29 is 17.9 Å². The van der Waals surface area contributed by atoms with Crippen LogP contribution in [0.3, 0.4) is 0 Å². The van der Waals surface area contributed by atoms with Crippen LogP contribution in [0.4, 0.5) is 5.69 Å². The molecule has 7 heteroatoms. The molecule has 1 heterocycles. The standard InChI is InChI=1S/C28H36N2O4S/c1-21-14-17-29(18-15-21)19-16-22(2)30(26-11-7-9-23-8-5-6-10-25(23)26)35(31,32)24-12-13-27(33-3)28(20-24)34-4/h5-13,20-22H,14-19H2,1-4H3. The van der Waals surface area contributed by atoms with E-state index in [1.807, 2.05) is 49.4 Å². The van der Waals surface area contributed by atoms with Gasteiger partial charge in [0.2, 0.25) is 0 Å². The largest absolute Gasteiger partial charge is 0.493 e. The predicted octanol–water partition coefficient (Wildman–Crippen LogP) is 5.56. The first-order chi connectivity index (χ1) is 16.8. The monoisotopic (exact) mass is 496 g/mol. The van der Waals surface area contributed by atoms with Gasteiger partial charge in [0.05, 0.1) is 24.8 Å². The first-order valence-corrected chi connectivity index (χ1v) is 13.8. The Balaban J connectivity index is 1.74. The third-order valence-corrected chi connectivity index (χ3v) is 8.98. The highest BCUT2D eigenvalue weighted by Crippen LogP contribution is 2.36. The first kappa shape index (κ1) is 25.3. The minimum Gasteiger partial charge on any atom is -0.493 e. The Labute approximate surface area is 209 Å². The van der Waals surface area contributed by atoms with Crippen LogP contribution < -0.4 is 13.8 Å². The van der Waals surface area contributed by atoms with E-state index in [-0.39, 0.29) is 10.9 Å². The van der Waals surface area contributed by atoms with Gasteiger partial charge in [0.25, 0.3) is 10.0 Å². The van der Waals surface area contributed by atoms with Gasteiger partial charge in [-0.05, 0) is 68.8 Å². The lowest BCUT2D eigenvalue weighted by molar-refractivity contribution is 0.188. The minimum absolute atomic E-state index is 0.182. The first-order valence-electron chi connectivity index (χ1n) is 12.3. The molecule has 0 amide bonds. The molecule has 1 unspecified atom stereocenters. The zero-order chi connectivity index (χ0) is 25.0. The maximum Gasteiger partial charge on any atom is 0.264 e. The molecule has 4 rings (SSSR count). The normalized spacial score (nSPS) is 16.2. The maximum absolute atomic E-state index is 14.2. The number of sulfonamides is 1. The summed E-state index contributed by atoms with van der Waals surface area (Å²) in [6.45, 7) is 7.33. The number of hydrogen-bond donors (Lipinski definition) is 0. The molecule has 0 aliphatic carbocycles. The Bertz CT molecular complexity index is 1250. The van der Waals surface area contributed by atoms with E-state index in [9.17, 15) is 8.42 Å². The topological polar surface area (TPSA) is 59.1 Å². The lowest BCUT2D eigenvalue weighted by Crippen LogP contribution is -2.42. The van der Waals surface area contributed by atoms with Gasteiger partial charge in [-0.3, -0.25) is 4.31 Å².